The first-order chi connectivity index (χ1) is 7.27. The van der Waals surface area contributed by atoms with Gasteiger partial charge in [-0.3, -0.25) is 0 Å². The van der Waals surface area contributed by atoms with E-state index in [1.807, 2.05) is 19.2 Å². The minimum atomic E-state index is 0.241. The number of aliphatic hydroxyl groups excluding tert-OH is 1. The summed E-state index contributed by atoms with van der Waals surface area (Å²) in [7, 11) is 1.83. The van der Waals surface area contributed by atoms with Crippen LogP contribution in [0.2, 0.25) is 5.02 Å². The van der Waals surface area contributed by atoms with E-state index in [1.165, 1.54) is 0 Å². The summed E-state index contributed by atoms with van der Waals surface area (Å²) in [6.45, 7) is 0.241. The van der Waals surface area contributed by atoms with Crippen molar-refractivity contribution in [2.75, 3.05) is 24.7 Å². The quantitative estimate of drug-likeness (QED) is 0.757. The molecule has 0 fully saturated rings. The second-order valence-corrected chi connectivity index (χ2v) is 4.52. The first kappa shape index (κ1) is 12.6. The lowest BCUT2D eigenvalue weighted by Crippen LogP contribution is -1.97. The molecule has 1 aromatic rings. The lowest BCUT2D eigenvalue weighted by Gasteiger charge is -2.05. The summed E-state index contributed by atoms with van der Waals surface area (Å²) in [5.41, 5.74) is 0.895. The summed E-state index contributed by atoms with van der Waals surface area (Å²) in [6.07, 6.45) is 0.813. The van der Waals surface area contributed by atoms with E-state index in [2.05, 4.69) is 10.3 Å². The highest BCUT2D eigenvalue weighted by Crippen LogP contribution is 2.21. The second kappa shape index (κ2) is 6.93. The Morgan fingerprint density at radius 3 is 3.00 bits per heavy atom. The average molecular weight is 247 g/mol. The summed E-state index contributed by atoms with van der Waals surface area (Å²) in [5, 5.41) is 12.3. The van der Waals surface area contributed by atoms with E-state index in [-0.39, 0.29) is 6.61 Å². The third-order valence-corrected chi connectivity index (χ3v) is 3.26. The molecule has 0 aliphatic carbocycles. The fourth-order valence-corrected chi connectivity index (χ4v) is 2.20. The van der Waals surface area contributed by atoms with Gasteiger partial charge >= 0.3 is 0 Å². The molecular weight excluding hydrogens is 232 g/mol. The van der Waals surface area contributed by atoms with Crippen LogP contribution in [0.15, 0.2) is 12.1 Å². The van der Waals surface area contributed by atoms with Gasteiger partial charge in [0.15, 0.2) is 0 Å². The fraction of sp³-hybridized carbons (Fsp3) is 0.500. The van der Waals surface area contributed by atoms with Gasteiger partial charge < -0.3 is 10.4 Å². The number of nitrogens with one attached hydrogen (secondary N) is 1. The van der Waals surface area contributed by atoms with Gasteiger partial charge in [0.2, 0.25) is 0 Å². The number of rotatable bonds is 6. The molecule has 0 amide bonds. The normalized spacial score (nSPS) is 10.3. The largest absolute Gasteiger partial charge is 0.396 e. The molecule has 15 heavy (non-hydrogen) atoms. The molecule has 5 heteroatoms. The molecule has 0 bridgehead atoms. The van der Waals surface area contributed by atoms with Crippen molar-refractivity contribution < 1.29 is 5.11 Å². The number of anilines is 1. The summed E-state index contributed by atoms with van der Waals surface area (Å²) < 4.78 is 0. The SMILES string of the molecule is CNc1ccc(Cl)c(CSCCCO)n1. The molecule has 2 N–H and O–H groups in total. The van der Waals surface area contributed by atoms with Crippen molar-refractivity contribution in [3.63, 3.8) is 0 Å². The Bertz CT molecular complexity index is 309. The first-order valence-corrected chi connectivity index (χ1v) is 6.33. The molecule has 1 rings (SSSR count). The summed E-state index contributed by atoms with van der Waals surface area (Å²) in [6, 6.07) is 3.70. The Morgan fingerprint density at radius 2 is 2.33 bits per heavy atom. The minimum absolute atomic E-state index is 0.241. The number of aromatic nitrogens is 1. The highest BCUT2D eigenvalue weighted by atomic mass is 35.5. The number of hydrogen-bond donors (Lipinski definition) is 2. The van der Waals surface area contributed by atoms with Crippen LogP contribution in [0.3, 0.4) is 0 Å². The predicted molar refractivity (Wildman–Crippen MR) is 66.7 cm³/mol. The average Bonchev–Trinajstić information content (AvgIpc) is 2.26. The molecule has 3 nitrogen and oxygen atoms in total. The van der Waals surface area contributed by atoms with Gasteiger partial charge in [-0.05, 0) is 24.3 Å². The van der Waals surface area contributed by atoms with Gasteiger partial charge in [-0.2, -0.15) is 11.8 Å². The summed E-state index contributed by atoms with van der Waals surface area (Å²) >= 11 is 7.74. The molecule has 84 valence electrons. The van der Waals surface area contributed by atoms with Crippen LogP contribution in [0.4, 0.5) is 5.82 Å². The Hall–Kier alpha value is -0.450. The van der Waals surface area contributed by atoms with Gasteiger partial charge in [-0.15, -0.1) is 0 Å². The predicted octanol–water partition coefficient (Wildman–Crippen LogP) is 2.39. The van der Waals surface area contributed by atoms with E-state index in [4.69, 9.17) is 16.7 Å². The summed E-state index contributed by atoms with van der Waals surface area (Å²) in [4.78, 5) is 4.36. The molecule has 1 heterocycles. The molecule has 0 aliphatic heterocycles. The zero-order valence-corrected chi connectivity index (χ0v) is 10.2. The Kier molecular flexibility index (Phi) is 5.83. The summed E-state index contributed by atoms with van der Waals surface area (Å²) in [5.74, 6) is 2.55. The Balaban J connectivity index is 2.51. The molecule has 0 unspecified atom stereocenters. The lowest BCUT2D eigenvalue weighted by molar-refractivity contribution is 0.296. The van der Waals surface area contributed by atoms with Gasteiger partial charge in [0.25, 0.3) is 0 Å². The van der Waals surface area contributed by atoms with Crippen LogP contribution >= 0.6 is 23.4 Å². The van der Waals surface area contributed by atoms with E-state index in [0.717, 1.165) is 29.4 Å². The minimum Gasteiger partial charge on any atom is -0.396 e. The Labute approximate surface area is 99.2 Å². The van der Waals surface area contributed by atoms with E-state index in [0.29, 0.717) is 5.02 Å². The van der Waals surface area contributed by atoms with Gasteiger partial charge in [0.05, 0.1) is 10.7 Å². The van der Waals surface area contributed by atoms with Crippen molar-refractivity contribution in [3.8, 4) is 0 Å². The van der Waals surface area contributed by atoms with Crippen molar-refractivity contribution in [3.05, 3.63) is 22.8 Å². The number of pyridine rings is 1. The van der Waals surface area contributed by atoms with E-state index >= 15 is 0 Å². The van der Waals surface area contributed by atoms with Crippen LogP contribution in [0.5, 0.6) is 0 Å². The van der Waals surface area contributed by atoms with Crippen molar-refractivity contribution >= 4 is 29.2 Å². The first-order valence-electron chi connectivity index (χ1n) is 4.79. The fourth-order valence-electron chi connectivity index (χ4n) is 1.06. The van der Waals surface area contributed by atoms with Crippen LogP contribution in [-0.2, 0) is 5.75 Å². The lowest BCUT2D eigenvalue weighted by atomic mass is 10.3. The molecule has 0 aliphatic rings. The number of halogens is 1. The maximum atomic E-state index is 8.64. The number of nitrogens with zero attached hydrogens (tertiary/aromatic N) is 1. The van der Waals surface area contributed by atoms with Crippen LogP contribution in [0.25, 0.3) is 0 Å². The van der Waals surface area contributed by atoms with Gasteiger partial charge in [-0.1, -0.05) is 11.6 Å². The van der Waals surface area contributed by atoms with E-state index in [1.54, 1.807) is 11.8 Å². The zero-order chi connectivity index (χ0) is 11.1. The van der Waals surface area contributed by atoms with Crippen molar-refractivity contribution in [2.45, 2.75) is 12.2 Å². The van der Waals surface area contributed by atoms with E-state index < -0.39 is 0 Å². The second-order valence-electron chi connectivity index (χ2n) is 3.00. The van der Waals surface area contributed by atoms with Crippen molar-refractivity contribution in [2.24, 2.45) is 0 Å². The number of hydrogen-bond acceptors (Lipinski definition) is 4. The molecule has 0 atom stereocenters. The van der Waals surface area contributed by atoms with Gasteiger partial charge in [0, 0.05) is 19.4 Å². The maximum absolute atomic E-state index is 8.64. The number of thioether (sulfide) groups is 1. The molecular formula is C10H15ClN2OS. The van der Waals surface area contributed by atoms with Crippen LogP contribution < -0.4 is 5.32 Å². The van der Waals surface area contributed by atoms with Crippen molar-refractivity contribution in [1.82, 2.24) is 4.98 Å². The van der Waals surface area contributed by atoms with Crippen LogP contribution in [-0.4, -0.2) is 29.5 Å². The zero-order valence-electron chi connectivity index (χ0n) is 8.66. The monoisotopic (exact) mass is 246 g/mol. The molecule has 1 aromatic heterocycles. The van der Waals surface area contributed by atoms with Crippen molar-refractivity contribution in [1.29, 1.82) is 0 Å². The molecule has 0 aromatic carbocycles. The third kappa shape index (κ3) is 4.28. The molecule has 0 saturated heterocycles. The van der Waals surface area contributed by atoms with Gasteiger partial charge in [-0.25, -0.2) is 4.98 Å². The smallest absolute Gasteiger partial charge is 0.126 e. The maximum Gasteiger partial charge on any atom is 0.126 e. The van der Waals surface area contributed by atoms with Crippen LogP contribution in [0.1, 0.15) is 12.1 Å². The Morgan fingerprint density at radius 1 is 1.53 bits per heavy atom. The molecule has 0 radical (unpaired) electrons. The van der Waals surface area contributed by atoms with Gasteiger partial charge in [0.1, 0.15) is 5.82 Å². The molecule has 0 spiro atoms. The third-order valence-electron chi connectivity index (χ3n) is 1.86. The van der Waals surface area contributed by atoms with E-state index in [9.17, 15) is 0 Å². The molecule has 0 saturated carbocycles. The highest BCUT2D eigenvalue weighted by molar-refractivity contribution is 7.98. The topological polar surface area (TPSA) is 45.1 Å². The highest BCUT2D eigenvalue weighted by Gasteiger charge is 2.03. The number of aliphatic hydroxyl groups is 1. The van der Waals surface area contributed by atoms with Crippen LogP contribution in [0, 0.1) is 0 Å². The standard InChI is InChI=1S/C10H15ClN2OS/c1-12-10-4-3-8(11)9(13-10)7-15-6-2-5-14/h3-4,14H,2,5-7H2,1H3,(H,12,13).